The summed E-state index contributed by atoms with van der Waals surface area (Å²) in [5.41, 5.74) is 0. The van der Waals surface area contributed by atoms with Crippen LogP contribution in [-0.2, 0) is 4.74 Å². The molecule has 0 heterocycles. The third kappa shape index (κ3) is 8.93. The smallest absolute Gasteiger partial charge is 0.0494 e. The van der Waals surface area contributed by atoms with Gasteiger partial charge in [0, 0.05) is 19.3 Å². The first-order valence-electron chi connectivity index (χ1n) is 7.89. The quantitative estimate of drug-likeness (QED) is 0.566. The van der Waals surface area contributed by atoms with E-state index >= 15 is 0 Å². The van der Waals surface area contributed by atoms with E-state index in [1.807, 2.05) is 0 Å². The van der Waals surface area contributed by atoms with E-state index in [2.05, 4.69) is 33.0 Å². The van der Waals surface area contributed by atoms with Crippen LogP contribution in [0.5, 0.6) is 0 Å². The normalized spacial score (nSPS) is 16.2. The summed E-state index contributed by atoms with van der Waals surface area (Å²) in [5, 5.41) is 3.71. The van der Waals surface area contributed by atoms with Crippen molar-refractivity contribution in [2.24, 2.45) is 17.8 Å². The summed E-state index contributed by atoms with van der Waals surface area (Å²) in [5.74, 6) is 2.47. The van der Waals surface area contributed by atoms with Crippen LogP contribution in [0.2, 0.25) is 0 Å². The summed E-state index contributed by atoms with van der Waals surface area (Å²) in [4.78, 5) is 0. The van der Waals surface area contributed by atoms with Gasteiger partial charge in [-0.25, -0.2) is 0 Å². The fraction of sp³-hybridized carbons (Fsp3) is 1.00. The van der Waals surface area contributed by atoms with Crippen LogP contribution in [0.1, 0.15) is 59.8 Å². The molecular weight excluding hydrogens is 222 g/mol. The molecule has 1 aliphatic carbocycles. The van der Waals surface area contributed by atoms with Gasteiger partial charge in [-0.1, -0.05) is 27.7 Å². The number of hydrogen-bond acceptors (Lipinski definition) is 2. The summed E-state index contributed by atoms with van der Waals surface area (Å²) >= 11 is 0. The molecule has 0 atom stereocenters. The van der Waals surface area contributed by atoms with Crippen LogP contribution < -0.4 is 5.32 Å². The standard InChI is InChI=1S/C16H33NO/c1-13(2)10-16(11-14(3)4)17-8-5-9-18-12-15-6-7-15/h13-17H,5-12H2,1-4H3. The van der Waals surface area contributed by atoms with E-state index in [0.717, 1.165) is 43.9 Å². The lowest BCUT2D eigenvalue weighted by Gasteiger charge is -2.22. The van der Waals surface area contributed by atoms with E-state index in [9.17, 15) is 0 Å². The van der Waals surface area contributed by atoms with Gasteiger partial charge >= 0.3 is 0 Å². The first-order valence-corrected chi connectivity index (χ1v) is 7.89. The van der Waals surface area contributed by atoms with Crippen LogP contribution >= 0.6 is 0 Å². The Kier molecular flexibility index (Phi) is 7.92. The molecular formula is C16H33NO. The van der Waals surface area contributed by atoms with Gasteiger partial charge in [0.05, 0.1) is 0 Å². The third-order valence-electron chi connectivity index (χ3n) is 3.46. The van der Waals surface area contributed by atoms with Gasteiger partial charge in [-0.3, -0.25) is 0 Å². The van der Waals surface area contributed by atoms with Crippen LogP contribution in [0, 0.1) is 17.8 Å². The van der Waals surface area contributed by atoms with Gasteiger partial charge in [0.15, 0.2) is 0 Å². The zero-order valence-electron chi connectivity index (χ0n) is 12.9. The van der Waals surface area contributed by atoms with E-state index < -0.39 is 0 Å². The Morgan fingerprint density at radius 1 is 1.06 bits per heavy atom. The van der Waals surface area contributed by atoms with Crippen molar-refractivity contribution in [3.63, 3.8) is 0 Å². The van der Waals surface area contributed by atoms with E-state index in [1.54, 1.807) is 0 Å². The monoisotopic (exact) mass is 255 g/mol. The number of rotatable bonds is 11. The van der Waals surface area contributed by atoms with Gasteiger partial charge in [-0.2, -0.15) is 0 Å². The minimum Gasteiger partial charge on any atom is -0.381 e. The molecule has 0 saturated heterocycles. The van der Waals surface area contributed by atoms with Crippen molar-refractivity contribution in [2.75, 3.05) is 19.8 Å². The van der Waals surface area contributed by atoms with Crippen LogP contribution in [0.15, 0.2) is 0 Å². The van der Waals surface area contributed by atoms with Crippen molar-refractivity contribution in [3.8, 4) is 0 Å². The second kappa shape index (κ2) is 8.92. The number of ether oxygens (including phenoxy) is 1. The highest BCUT2D eigenvalue weighted by atomic mass is 16.5. The average Bonchev–Trinajstić information content (AvgIpc) is 3.05. The largest absolute Gasteiger partial charge is 0.381 e. The molecule has 0 spiro atoms. The lowest BCUT2D eigenvalue weighted by atomic mass is 9.95. The first-order chi connectivity index (χ1) is 8.58. The molecule has 1 rings (SSSR count). The van der Waals surface area contributed by atoms with Crippen LogP contribution in [-0.4, -0.2) is 25.8 Å². The molecule has 0 aromatic carbocycles. The molecule has 0 unspecified atom stereocenters. The van der Waals surface area contributed by atoms with Crippen LogP contribution in [0.25, 0.3) is 0 Å². The first kappa shape index (κ1) is 16.0. The van der Waals surface area contributed by atoms with Crippen molar-refractivity contribution in [1.82, 2.24) is 5.32 Å². The Labute approximate surface area is 114 Å². The summed E-state index contributed by atoms with van der Waals surface area (Å²) in [6.45, 7) is 12.3. The van der Waals surface area contributed by atoms with Gasteiger partial charge in [0.1, 0.15) is 0 Å². The Morgan fingerprint density at radius 2 is 1.67 bits per heavy atom. The molecule has 0 aromatic heterocycles. The van der Waals surface area contributed by atoms with E-state index in [0.29, 0.717) is 6.04 Å². The lowest BCUT2D eigenvalue weighted by Crippen LogP contribution is -2.33. The molecule has 108 valence electrons. The second-order valence-corrected chi connectivity index (χ2v) is 6.78. The van der Waals surface area contributed by atoms with E-state index in [-0.39, 0.29) is 0 Å². The van der Waals surface area contributed by atoms with Gasteiger partial charge in [0.2, 0.25) is 0 Å². The summed E-state index contributed by atoms with van der Waals surface area (Å²) in [6, 6.07) is 0.688. The molecule has 0 aliphatic heterocycles. The predicted molar refractivity (Wildman–Crippen MR) is 78.9 cm³/mol. The highest BCUT2D eigenvalue weighted by molar-refractivity contribution is 4.72. The SMILES string of the molecule is CC(C)CC(CC(C)C)NCCCOCC1CC1. The van der Waals surface area contributed by atoms with Crippen molar-refractivity contribution in [1.29, 1.82) is 0 Å². The van der Waals surface area contributed by atoms with Crippen LogP contribution in [0.3, 0.4) is 0 Å². The summed E-state index contributed by atoms with van der Waals surface area (Å²) in [7, 11) is 0. The predicted octanol–water partition coefficient (Wildman–Crippen LogP) is 3.85. The minimum atomic E-state index is 0.688. The Hall–Kier alpha value is -0.0800. The molecule has 1 fully saturated rings. The molecule has 2 heteroatoms. The van der Waals surface area contributed by atoms with Crippen LogP contribution in [0.4, 0.5) is 0 Å². The molecule has 1 saturated carbocycles. The Bertz CT molecular complexity index is 189. The van der Waals surface area contributed by atoms with Crippen molar-refractivity contribution in [2.45, 2.75) is 65.8 Å². The number of nitrogens with one attached hydrogen (secondary N) is 1. The average molecular weight is 255 g/mol. The maximum atomic E-state index is 5.66. The maximum Gasteiger partial charge on any atom is 0.0494 e. The molecule has 0 amide bonds. The molecule has 2 nitrogen and oxygen atoms in total. The maximum absolute atomic E-state index is 5.66. The molecule has 1 aliphatic rings. The fourth-order valence-electron chi connectivity index (χ4n) is 2.42. The van der Waals surface area contributed by atoms with Gasteiger partial charge in [-0.05, 0) is 56.4 Å². The second-order valence-electron chi connectivity index (χ2n) is 6.78. The topological polar surface area (TPSA) is 21.3 Å². The summed E-state index contributed by atoms with van der Waals surface area (Å²) in [6.07, 6.45) is 6.52. The minimum absolute atomic E-state index is 0.688. The lowest BCUT2D eigenvalue weighted by molar-refractivity contribution is 0.121. The van der Waals surface area contributed by atoms with Crippen molar-refractivity contribution >= 4 is 0 Å². The Balaban J connectivity index is 1.99. The van der Waals surface area contributed by atoms with Gasteiger partial charge in [0.25, 0.3) is 0 Å². The molecule has 1 N–H and O–H groups in total. The van der Waals surface area contributed by atoms with Crippen molar-refractivity contribution < 1.29 is 4.74 Å². The molecule has 18 heavy (non-hydrogen) atoms. The fourth-order valence-corrected chi connectivity index (χ4v) is 2.42. The molecule has 0 bridgehead atoms. The zero-order chi connectivity index (χ0) is 13.4. The number of hydrogen-bond donors (Lipinski definition) is 1. The van der Waals surface area contributed by atoms with E-state index in [4.69, 9.17) is 4.74 Å². The van der Waals surface area contributed by atoms with E-state index in [1.165, 1.54) is 25.7 Å². The highest BCUT2D eigenvalue weighted by Crippen LogP contribution is 2.28. The Morgan fingerprint density at radius 3 is 2.17 bits per heavy atom. The van der Waals surface area contributed by atoms with Gasteiger partial charge in [-0.15, -0.1) is 0 Å². The molecule has 0 aromatic rings. The summed E-state index contributed by atoms with van der Waals surface area (Å²) < 4.78 is 5.66. The van der Waals surface area contributed by atoms with Crippen molar-refractivity contribution in [3.05, 3.63) is 0 Å². The van der Waals surface area contributed by atoms with Gasteiger partial charge < -0.3 is 10.1 Å². The zero-order valence-corrected chi connectivity index (χ0v) is 12.9. The highest BCUT2D eigenvalue weighted by Gasteiger charge is 2.20. The third-order valence-corrected chi connectivity index (χ3v) is 3.46. The molecule has 0 radical (unpaired) electrons.